The van der Waals surface area contributed by atoms with Crippen LogP contribution in [0.15, 0.2) is 30.3 Å². The number of hydrogen-bond donors (Lipinski definition) is 0. The second-order valence-electron chi connectivity index (χ2n) is 2.52. The molecule has 0 unspecified atom stereocenters. The van der Waals surface area contributed by atoms with E-state index in [1.807, 2.05) is 50.6 Å². The lowest BCUT2D eigenvalue weighted by molar-refractivity contribution is 1.41. The molecule has 0 aliphatic heterocycles. The Morgan fingerprint density at radius 2 is 1.42 bits per heavy atom. The Morgan fingerprint density at radius 1 is 1.00 bits per heavy atom. The number of hydrogen-bond acceptors (Lipinski definition) is 0. The van der Waals surface area contributed by atoms with E-state index in [9.17, 15) is 0 Å². The first-order chi connectivity index (χ1) is 5.91. The molecule has 0 nitrogen and oxygen atoms in total. The molecule has 0 heterocycles. The van der Waals surface area contributed by atoms with Crippen molar-refractivity contribution in [1.82, 2.24) is 0 Å². The quantitative estimate of drug-likeness (QED) is 0.544. The van der Waals surface area contributed by atoms with Gasteiger partial charge in [0.1, 0.15) is 0 Å². The summed E-state index contributed by atoms with van der Waals surface area (Å²) in [6.45, 7) is 4.00. The first-order valence-corrected chi connectivity index (χ1v) is 4.38. The number of rotatable bonds is 0. The van der Waals surface area contributed by atoms with E-state index in [1.54, 1.807) is 0 Å². The lowest BCUT2D eigenvalue weighted by atomic mass is 10.4. The van der Waals surface area contributed by atoms with Gasteiger partial charge in [0.2, 0.25) is 0 Å². The minimum atomic E-state index is 1.38. The van der Waals surface area contributed by atoms with Crippen LogP contribution in [0.4, 0.5) is 0 Å². The van der Waals surface area contributed by atoms with Crippen LogP contribution in [-0.4, -0.2) is 0 Å². The molecule has 0 aromatic heterocycles. The van der Waals surface area contributed by atoms with E-state index >= 15 is 0 Å². The maximum Gasteiger partial charge on any atom is -0.0184 e. The molecule has 1 aliphatic rings. The normalized spacial score (nSPS) is 11.5. The van der Waals surface area contributed by atoms with E-state index in [4.69, 9.17) is 0 Å². The van der Waals surface area contributed by atoms with E-state index in [1.165, 1.54) is 12.8 Å². The van der Waals surface area contributed by atoms with Crippen molar-refractivity contribution in [3.05, 3.63) is 49.2 Å². The van der Waals surface area contributed by atoms with Crippen molar-refractivity contribution in [3.63, 3.8) is 0 Å². The molecule has 0 saturated heterocycles. The summed E-state index contributed by atoms with van der Waals surface area (Å²) in [6, 6.07) is 12.5. The van der Waals surface area contributed by atoms with Gasteiger partial charge in [-0.15, -0.1) is 0 Å². The largest absolute Gasteiger partial charge is 0.0625 e. The van der Waals surface area contributed by atoms with E-state index in [0.717, 1.165) is 0 Å². The Bertz CT molecular complexity index is 112. The summed E-state index contributed by atoms with van der Waals surface area (Å²) in [6.07, 6.45) is 7.00. The van der Waals surface area contributed by atoms with Crippen molar-refractivity contribution in [2.24, 2.45) is 0 Å². The highest BCUT2D eigenvalue weighted by atomic mass is 14.0. The average molecular weight is 161 g/mol. The fraction of sp³-hybridized carbons (Fsp3) is 0.333. The van der Waals surface area contributed by atoms with E-state index in [-0.39, 0.29) is 0 Å². The van der Waals surface area contributed by atoms with Crippen LogP contribution >= 0.6 is 0 Å². The highest BCUT2D eigenvalue weighted by molar-refractivity contribution is 4.97. The monoisotopic (exact) mass is 161 g/mol. The predicted octanol–water partition coefficient (Wildman–Crippen LogP) is 3.70. The molecule has 0 heteroatoms. The van der Waals surface area contributed by atoms with Gasteiger partial charge >= 0.3 is 0 Å². The summed E-state index contributed by atoms with van der Waals surface area (Å²) < 4.78 is 0. The summed E-state index contributed by atoms with van der Waals surface area (Å²) in [7, 11) is 0. The molecule has 0 spiro atoms. The van der Waals surface area contributed by atoms with Crippen LogP contribution in [0.1, 0.15) is 26.7 Å². The predicted molar refractivity (Wildman–Crippen MR) is 54.5 cm³/mol. The molecule has 1 saturated carbocycles. The topological polar surface area (TPSA) is 0 Å². The van der Waals surface area contributed by atoms with Crippen molar-refractivity contribution < 1.29 is 0 Å². The van der Waals surface area contributed by atoms with Gasteiger partial charge < -0.3 is 0 Å². The number of benzene rings is 1. The third kappa shape index (κ3) is 16.1. The van der Waals surface area contributed by atoms with E-state index in [2.05, 4.69) is 12.5 Å². The highest BCUT2D eigenvalue weighted by Gasteiger charge is 1.95. The van der Waals surface area contributed by atoms with Gasteiger partial charge in [0, 0.05) is 0 Å². The van der Waals surface area contributed by atoms with E-state index in [0.29, 0.717) is 0 Å². The zero-order chi connectivity index (χ0) is 9.07. The summed E-state index contributed by atoms with van der Waals surface area (Å²) >= 11 is 0. The third-order valence-corrected chi connectivity index (χ3v) is 0.896. The van der Waals surface area contributed by atoms with Gasteiger partial charge in [-0.3, -0.25) is 0 Å². The molecule has 2 rings (SSSR count). The molecule has 12 heavy (non-hydrogen) atoms. The summed E-state index contributed by atoms with van der Waals surface area (Å²) in [5.41, 5.74) is 0. The zero-order valence-corrected chi connectivity index (χ0v) is 7.96. The fourth-order valence-corrected chi connectivity index (χ4v) is 0.342. The molecular weight excluding hydrogens is 144 g/mol. The molecule has 1 aromatic carbocycles. The van der Waals surface area contributed by atoms with Gasteiger partial charge in [0.25, 0.3) is 0 Å². The van der Waals surface area contributed by atoms with Gasteiger partial charge in [-0.05, 0) is 31.7 Å². The maximum absolute atomic E-state index is 2.89. The van der Waals surface area contributed by atoms with Crippen molar-refractivity contribution in [2.45, 2.75) is 26.7 Å². The Kier molecular flexibility index (Phi) is 9.56. The van der Waals surface area contributed by atoms with Crippen LogP contribution in [-0.2, 0) is 0 Å². The Morgan fingerprint density at radius 3 is 1.50 bits per heavy atom. The van der Waals surface area contributed by atoms with Crippen molar-refractivity contribution in [3.8, 4) is 0 Å². The second-order valence-corrected chi connectivity index (χ2v) is 2.52. The summed E-state index contributed by atoms with van der Waals surface area (Å²) in [5, 5.41) is 0. The van der Waals surface area contributed by atoms with Crippen molar-refractivity contribution in [2.75, 3.05) is 0 Å². The highest BCUT2D eigenvalue weighted by Crippen LogP contribution is 2.12. The lowest BCUT2D eigenvalue weighted by Gasteiger charge is -1.68. The molecule has 1 aromatic rings. The maximum atomic E-state index is 2.89. The SMILES string of the molecule is C[CH]C.[CH]1CC1.[c]1ccccc1. The Labute approximate surface area is 76.6 Å². The Balaban J connectivity index is 0.000000171. The van der Waals surface area contributed by atoms with Gasteiger partial charge in [-0.2, -0.15) is 0 Å². The van der Waals surface area contributed by atoms with Gasteiger partial charge in [-0.1, -0.05) is 44.2 Å². The zero-order valence-electron chi connectivity index (χ0n) is 7.96. The first-order valence-electron chi connectivity index (χ1n) is 4.38. The van der Waals surface area contributed by atoms with Crippen LogP contribution in [0, 0.1) is 18.9 Å². The second kappa shape index (κ2) is 10.2. The van der Waals surface area contributed by atoms with Crippen LogP contribution in [0.5, 0.6) is 0 Å². The van der Waals surface area contributed by atoms with E-state index < -0.39 is 0 Å². The standard InChI is InChI=1S/C6H5.C3H5.C3H7/c1-2-4-6-5-3-1;1-2-3-1;1-3-2/h1-5H;1H,2-3H2;3H,1-2H3. The average Bonchev–Trinajstić information content (AvgIpc) is 2.95. The molecule has 0 amide bonds. The minimum absolute atomic E-state index is 1.38. The molecule has 1 aliphatic carbocycles. The lowest BCUT2D eigenvalue weighted by Crippen LogP contribution is -1.49. The molecule has 0 bridgehead atoms. The minimum Gasteiger partial charge on any atom is -0.0625 e. The van der Waals surface area contributed by atoms with Crippen LogP contribution in [0.25, 0.3) is 0 Å². The van der Waals surface area contributed by atoms with Crippen LogP contribution in [0.3, 0.4) is 0 Å². The Hall–Kier alpha value is -0.780. The van der Waals surface area contributed by atoms with Gasteiger partial charge in [0.15, 0.2) is 0 Å². The summed E-state index contributed by atoms with van der Waals surface area (Å²) in [5.74, 6) is 0. The third-order valence-electron chi connectivity index (χ3n) is 0.896. The fourth-order valence-electron chi connectivity index (χ4n) is 0.342. The molecule has 0 atom stereocenters. The van der Waals surface area contributed by atoms with Crippen LogP contribution in [0.2, 0.25) is 0 Å². The van der Waals surface area contributed by atoms with Gasteiger partial charge in [-0.25, -0.2) is 0 Å². The smallest absolute Gasteiger partial charge is 0.0184 e. The molecule has 65 valence electrons. The molecule has 1 fully saturated rings. The van der Waals surface area contributed by atoms with Crippen molar-refractivity contribution in [1.29, 1.82) is 0 Å². The molecule has 0 N–H and O–H groups in total. The van der Waals surface area contributed by atoms with Crippen molar-refractivity contribution >= 4 is 0 Å². The molecule has 3 radical (unpaired) electrons. The van der Waals surface area contributed by atoms with Crippen LogP contribution < -0.4 is 0 Å². The summed E-state index contributed by atoms with van der Waals surface area (Å²) in [4.78, 5) is 0. The first kappa shape index (κ1) is 11.2. The molecular formula is C12H17. The van der Waals surface area contributed by atoms with Gasteiger partial charge in [0.05, 0.1) is 0 Å².